The molecule has 0 bridgehead atoms. The SMILES string of the molecule is Cc1cc(=O)n(-c2ccc(C(=O)O)cn2)[nH]1. The van der Waals surface area contributed by atoms with E-state index in [9.17, 15) is 9.59 Å². The minimum atomic E-state index is -1.05. The van der Waals surface area contributed by atoms with Crippen LogP contribution in [0.25, 0.3) is 5.82 Å². The number of hydrogen-bond donors (Lipinski definition) is 2. The molecule has 0 amide bonds. The maximum Gasteiger partial charge on any atom is 0.337 e. The Morgan fingerprint density at radius 2 is 2.25 bits per heavy atom. The third-order valence-corrected chi connectivity index (χ3v) is 2.07. The fourth-order valence-corrected chi connectivity index (χ4v) is 1.33. The molecule has 2 heterocycles. The first-order valence-electron chi connectivity index (χ1n) is 4.56. The summed E-state index contributed by atoms with van der Waals surface area (Å²) in [5.74, 6) is -0.683. The molecule has 0 unspecified atom stereocenters. The fraction of sp³-hybridized carbons (Fsp3) is 0.100. The van der Waals surface area contributed by atoms with Crippen molar-refractivity contribution in [2.75, 3.05) is 0 Å². The number of aromatic nitrogens is 3. The number of aromatic carboxylic acids is 1. The summed E-state index contributed by atoms with van der Waals surface area (Å²) in [4.78, 5) is 25.9. The fourth-order valence-electron chi connectivity index (χ4n) is 1.33. The normalized spacial score (nSPS) is 10.3. The monoisotopic (exact) mass is 219 g/mol. The third-order valence-electron chi connectivity index (χ3n) is 2.07. The highest BCUT2D eigenvalue weighted by molar-refractivity contribution is 5.87. The van der Waals surface area contributed by atoms with Gasteiger partial charge in [0, 0.05) is 18.0 Å². The number of rotatable bonds is 2. The number of aryl methyl sites for hydroxylation is 1. The Morgan fingerprint density at radius 1 is 1.50 bits per heavy atom. The van der Waals surface area contributed by atoms with E-state index in [1.54, 1.807) is 6.92 Å². The van der Waals surface area contributed by atoms with Crippen LogP contribution in [0.15, 0.2) is 29.2 Å². The predicted octanol–water partition coefficient (Wildman–Crippen LogP) is 0.567. The Labute approximate surface area is 90.2 Å². The molecule has 2 N–H and O–H groups in total. The van der Waals surface area contributed by atoms with Crippen molar-refractivity contribution in [1.82, 2.24) is 14.8 Å². The van der Waals surface area contributed by atoms with Crippen molar-refractivity contribution in [3.8, 4) is 5.82 Å². The van der Waals surface area contributed by atoms with E-state index in [-0.39, 0.29) is 11.1 Å². The largest absolute Gasteiger partial charge is 0.478 e. The predicted molar refractivity (Wildman–Crippen MR) is 55.9 cm³/mol. The number of pyridine rings is 1. The molecule has 16 heavy (non-hydrogen) atoms. The van der Waals surface area contributed by atoms with Crippen molar-refractivity contribution in [2.24, 2.45) is 0 Å². The van der Waals surface area contributed by atoms with E-state index < -0.39 is 5.97 Å². The molecule has 0 saturated heterocycles. The molecule has 2 rings (SSSR count). The molecule has 0 aromatic carbocycles. The molecule has 82 valence electrons. The van der Waals surface area contributed by atoms with Crippen molar-refractivity contribution in [3.05, 3.63) is 46.0 Å². The summed E-state index contributed by atoms with van der Waals surface area (Å²) in [7, 11) is 0. The van der Waals surface area contributed by atoms with Crippen LogP contribution in [-0.2, 0) is 0 Å². The van der Waals surface area contributed by atoms with E-state index in [1.165, 1.54) is 29.1 Å². The van der Waals surface area contributed by atoms with E-state index in [2.05, 4.69) is 10.1 Å². The molecule has 2 aromatic rings. The quantitative estimate of drug-likeness (QED) is 0.772. The standard InChI is InChI=1S/C10H9N3O3/c1-6-4-9(14)13(12-6)8-3-2-7(5-11-8)10(15)16/h2-5,12H,1H3,(H,15,16). The van der Waals surface area contributed by atoms with E-state index in [0.29, 0.717) is 11.5 Å². The van der Waals surface area contributed by atoms with Crippen LogP contribution in [0.1, 0.15) is 16.1 Å². The molecule has 0 radical (unpaired) electrons. The van der Waals surface area contributed by atoms with Crippen molar-refractivity contribution in [1.29, 1.82) is 0 Å². The number of aromatic amines is 1. The molecular weight excluding hydrogens is 210 g/mol. The van der Waals surface area contributed by atoms with Crippen LogP contribution in [0.3, 0.4) is 0 Å². The first-order chi connectivity index (χ1) is 7.58. The van der Waals surface area contributed by atoms with Gasteiger partial charge in [-0.15, -0.1) is 0 Å². The van der Waals surface area contributed by atoms with Gasteiger partial charge in [-0.2, -0.15) is 0 Å². The Morgan fingerprint density at radius 3 is 2.69 bits per heavy atom. The van der Waals surface area contributed by atoms with Gasteiger partial charge in [-0.25, -0.2) is 14.5 Å². The summed E-state index contributed by atoms with van der Waals surface area (Å²) >= 11 is 0. The van der Waals surface area contributed by atoms with Gasteiger partial charge in [0.2, 0.25) is 0 Å². The van der Waals surface area contributed by atoms with Crippen LogP contribution in [0.2, 0.25) is 0 Å². The number of carboxylic acid groups (broad SMARTS) is 1. The lowest BCUT2D eigenvalue weighted by molar-refractivity contribution is 0.0696. The van der Waals surface area contributed by atoms with Gasteiger partial charge in [0.15, 0.2) is 5.82 Å². The zero-order valence-electron chi connectivity index (χ0n) is 8.47. The van der Waals surface area contributed by atoms with E-state index in [1.807, 2.05) is 0 Å². The van der Waals surface area contributed by atoms with Crippen LogP contribution in [0.5, 0.6) is 0 Å². The van der Waals surface area contributed by atoms with Crippen LogP contribution < -0.4 is 5.56 Å². The van der Waals surface area contributed by atoms with Gasteiger partial charge in [-0.1, -0.05) is 0 Å². The van der Waals surface area contributed by atoms with Crippen molar-refractivity contribution < 1.29 is 9.90 Å². The molecule has 0 saturated carbocycles. The minimum Gasteiger partial charge on any atom is -0.478 e. The number of H-pyrrole nitrogens is 1. The number of carboxylic acids is 1. The second kappa shape index (κ2) is 3.65. The lowest BCUT2D eigenvalue weighted by Crippen LogP contribution is -2.15. The van der Waals surface area contributed by atoms with Gasteiger partial charge in [0.1, 0.15) is 0 Å². The molecule has 0 aliphatic heterocycles. The Balaban J connectivity index is 2.46. The maximum absolute atomic E-state index is 11.4. The minimum absolute atomic E-state index is 0.0834. The van der Waals surface area contributed by atoms with E-state index in [4.69, 9.17) is 5.11 Å². The molecular formula is C10H9N3O3. The lowest BCUT2D eigenvalue weighted by Gasteiger charge is -2.00. The second-order valence-electron chi connectivity index (χ2n) is 3.32. The average molecular weight is 219 g/mol. The summed E-state index contributed by atoms with van der Waals surface area (Å²) in [6.07, 6.45) is 1.21. The number of carbonyl (C=O) groups is 1. The lowest BCUT2D eigenvalue weighted by atomic mass is 10.3. The van der Waals surface area contributed by atoms with Crippen LogP contribution in [0.4, 0.5) is 0 Å². The Hall–Kier alpha value is -2.37. The summed E-state index contributed by atoms with van der Waals surface area (Å²) < 4.78 is 1.25. The van der Waals surface area contributed by atoms with Gasteiger partial charge in [0.25, 0.3) is 5.56 Å². The van der Waals surface area contributed by atoms with Gasteiger partial charge in [-0.05, 0) is 19.1 Å². The molecule has 0 aliphatic rings. The zero-order valence-corrected chi connectivity index (χ0v) is 8.47. The van der Waals surface area contributed by atoms with Crippen LogP contribution >= 0.6 is 0 Å². The number of nitrogens with zero attached hydrogens (tertiary/aromatic N) is 2. The second-order valence-corrected chi connectivity index (χ2v) is 3.32. The molecule has 0 spiro atoms. The first-order valence-corrected chi connectivity index (χ1v) is 4.56. The molecule has 6 heteroatoms. The molecule has 0 atom stereocenters. The number of hydrogen-bond acceptors (Lipinski definition) is 3. The molecule has 6 nitrogen and oxygen atoms in total. The smallest absolute Gasteiger partial charge is 0.337 e. The first kappa shape index (κ1) is 10.2. The van der Waals surface area contributed by atoms with E-state index >= 15 is 0 Å². The topological polar surface area (TPSA) is 88.0 Å². The van der Waals surface area contributed by atoms with Crippen molar-refractivity contribution >= 4 is 5.97 Å². The highest BCUT2D eigenvalue weighted by atomic mass is 16.4. The Bertz CT molecular complexity index is 580. The summed E-state index contributed by atoms with van der Waals surface area (Å²) in [6, 6.07) is 4.31. The van der Waals surface area contributed by atoms with Crippen LogP contribution in [0, 0.1) is 6.92 Å². The Kier molecular flexibility index (Phi) is 2.32. The molecule has 0 fully saturated rings. The highest BCUT2D eigenvalue weighted by Gasteiger charge is 2.06. The van der Waals surface area contributed by atoms with Gasteiger partial charge < -0.3 is 5.11 Å². The van der Waals surface area contributed by atoms with E-state index in [0.717, 1.165) is 0 Å². The third kappa shape index (κ3) is 1.72. The molecule has 2 aromatic heterocycles. The maximum atomic E-state index is 11.4. The van der Waals surface area contributed by atoms with Crippen LogP contribution in [-0.4, -0.2) is 25.8 Å². The summed E-state index contributed by atoms with van der Waals surface area (Å²) in [6.45, 7) is 1.75. The number of nitrogens with one attached hydrogen (secondary N) is 1. The van der Waals surface area contributed by atoms with Gasteiger partial charge >= 0.3 is 5.97 Å². The van der Waals surface area contributed by atoms with Crippen molar-refractivity contribution in [3.63, 3.8) is 0 Å². The average Bonchev–Trinajstić information content (AvgIpc) is 2.58. The summed E-state index contributed by atoms with van der Waals surface area (Å²) in [5, 5.41) is 11.5. The molecule has 0 aliphatic carbocycles. The summed E-state index contributed by atoms with van der Waals surface area (Å²) in [5.41, 5.74) is 0.572. The highest BCUT2D eigenvalue weighted by Crippen LogP contribution is 2.03. The zero-order chi connectivity index (χ0) is 11.7. The van der Waals surface area contributed by atoms with Gasteiger partial charge in [0.05, 0.1) is 5.56 Å². The van der Waals surface area contributed by atoms with Crippen molar-refractivity contribution in [2.45, 2.75) is 6.92 Å². The van der Waals surface area contributed by atoms with Gasteiger partial charge in [-0.3, -0.25) is 9.89 Å².